The van der Waals surface area contributed by atoms with Crippen LogP contribution in [0.1, 0.15) is 34.2 Å². The molecule has 1 aromatic heterocycles. The number of nitrogens with one attached hydrogen (secondary N) is 1. The first-order valence-corrected chi connectivity index (χ1v) is 6.98. The van der Waals surface area contributed by atoms with E-state index in [1.807, 2.05) is 32.9 Å². The fraction of sp³-hybridized carbons (Fsp3) is 0.375. The summed E-state index contributed by atoms with van der Waals surface area (Å²) in [5.74, 6) is -0.276. The fourth-order valence-electron chi connectivity index (χ4n) is 2.25. The van der Waals surface area contributed by atoms with Gasteiger partial charge in [-0.3, -0.25) is 4.79 Å². The van der Waals surface area contributed by atoms with Crippen LogP contribution in [0.3, 0.4) is 0 Å². The van der Waals surface area contributed by atoms with Crippen LogP contribution in [-0.4, -0.2) is 33.4 Å². The SMILES string of the molecule is Cc1cc(C)cc(-n2nc(C(=O)NCC(C)O)cc2C)c1. The molecule has 0 bridgehead atoms. The van der Waals surface area contributed by atoms with Gasteiger partial charge in [0.05, 0.1) is 11.8 Å². The average molecular weight is 287 g/mol. The Morgan fingerprint density at radius 2 is 1.86 bits per heavy atom. The van der Waals surface area contributed by atoms with Gasteiger partial charge in [-0.2, -0.15) is 5.10 Å². The van der Waals surface area contributed by atoms with Gasteiger partial charge in [-0.15, -0.1) is 0 Å². The molecule has 2 rings (SSSR count). The molecule has 2 N–H and O–H groups in total. The average Bonchev–Trinajstić information content (AvgIpc) is 2.77. The number of nitrogens with zero attached hydrogens (tertiary/aromatic N) is 2. The van der Waals surface area contributed by atoms with Crippen LogP contribution >= 0.6 is 0 Å². The number of benzene rings is 1. The summed E-state index contributed by atoms with van der Waals surface area (Å²) in [4.78, 5) is 12.0. The van der Waals surface area contributed by atoms with Crippen LogP contribution in [0.4, 0.5) is 0 Å². The molecule has 112 valence electrons. The Morgan fingerprint density at radius 3 is 2.43 bits per heavy atom. The van der Waals surface area contributed by atoms with E-state index in [0.717, 1.165) is 22.5 Å². The highest BCUT2D eigenvalue weighted by Gasteiger charge is 2.13. The van der Waals surface area contributed by atoms with Crippen molar-refractivity contribution in [3.8, 4) is 5.69 Å². The zero-order valence-electron chi connectivity index (χ0n) is 12.8. The summed E-state index contributed by atoms with van der Waals surface area (Å²) in [6, 6.07) is 7.91. The van der Waals surface area contributed by atoms with Crippen molar-refractivity contribution >= 4 is 5.91 Å². The maximum atomic E-state index is 12.0. The van der Waals surface area contributed by atoms with Gasteiger partial charge in [-0.1, -0.05) is 6.07 Å². The van der Waals surface area contributed by atoms with Crippen molar-refractivity contribution in [1.82, 2.24) is 15.1 Å². The number of hydrogen-bond acceptors (Lipinski definition) is 3. The molecule has 5 heteroatoms. The summed E-state index contributed by atoms with van der Waals surface area (Å²) in [5.41, 5.74) is 4.49. The van der Waals surface area contributed by atoms with Gasteiger partial charge in [0.15, 0.2) is 5.69 Å². The Labute approximate surface area is 124 Å². The fourth-order valence-corrected chi connectivity index (χ4v) is 2.25. The molecule has 2 aromatic rings. The topological polar surface area (TPSA) is 67.2 Å². The molecular formula is C16H21N3O2. The predicted molar refractivity (Wildman–Crippen MR) is 81.8 cm³/mol. The second-order valence-corrected chi connectivity index (χ2v) is 5.49. The number of hydrogen-bond donors (Lipinski definition) is 2. The highest BCUT2D eigenvalue weighted by molar-refractivity contribution is 5.92. The highest BCUT2D eigenvalue weighted by atomic mass is 16.3. The summed E-state index contributed by atoms with van der Waals surface area (Å²) in [5, 5.41) is 16.2. The quantitative estimate of drug-likeness (QED) is 0.902. The van der Waals surface area contributed by atoms with E-state index in [2.05, 4.69) is 16.5 Å². The summed E-state index contributed by atoms with van der Waals surface area (Å²) >= 11 is 0. The Hall–Kier alpha value is -2.14. The number of carbonyl (C=O) groups is 1. The standard InChI is InChI=1S/C16H21N3O2/c1-10-5-11(2)7-14(6-10)19-12(3)8-15(18-19)16(21)17-9-13(4)20/h5-8,13,20H,9H2,1-4H3,(H,17,21). The highest BCUT2D eigenvalue weighted by Crippen LogP contribution is 2.16. The molecule has 0 saturated carbocycles. The van der Waals surface area contributed by atoms with Crippen molar-refractivity contribution in [1.29, 1.82) is 0 Å². The van der Waals surface area contributed by atoms with Gasteiger partial charge < -0.3 is 10.4 Å². The summed E-state index contributed by atoms with van der Waals surface area (Å²) in [6.07, 6.45) is -0.573. The molecule has 0 radical (unpaired) electrons. The van der Waals surface area contributed by atoms with Crippen molar-refractivity contribution in [2.24, 2.45) is 0 Å². The third kappa shape index (κ3) is 3.70. The lowest BCUT2D eigenvalue weighted by Crippen LogP contribution is -2.30. The van der Waals surface area contributed by atoms with Crippen LogP contribution < -0.4 is 5.32 Å². The first-order chi connectivity index (χ1) is 9.86. The van der Waals surface area contributed by atoms with E-state index in [4.69, 9.17) is 0 Å². The Balaban J connectivity index is 2.28. The normalized spacial score (nSPS) is 12.2. The minimum absolute atomic E-state index is 0.217. The molecule has 0 spiro atoms. The number of aliphatic hydroxyl groups excluding tert-OH is 1. The van der Waals surface area contributed by atoms with Crippen LogP contribution in [0.5, 0.6) is 0 Å². The van der Waals surface area contributed by atoms with Gasteiger partial charge in [-0.25, -0.2) is 4.68 Å². The van der Waals surface area contributed by atoms with E-state index in [9.17, 15) is 9.90 Å². The number of rotatable bonds is 4. The van der Waals surface area contributed by atoms with Crippen LogP contribution in [0, 0.1) is 20.8 Å². The molecule has 0 aliphatic heterocycles. The molecule has 1 unspecified atom stereocenters. The van der Waals surface area contributed by atoms with Crippen molar-refractivity contribution in [3.63, 3.8) is 0 Å². The van der Waals surface area contributed by atoms with E-state index in [1.54, 1.807) is 17.7 Å². The maximum absolute atomic E-state index is 12.0. The van der Waals surface area contributed by atoms with Gasteiger partial charge in [0.2, 0.25) is 0 Å². The van der Waals surface area contributed by atoms with E-state index in [1.165, 1.54) is 0 Å². The lowest BCUT2D eigenvalue weighted by atomic mass is 10.1. The Kier molecular flexibility index (Phi) is 4.43. The zero-order valence-corrected chi connectivity index (χ0v) is 12.8. The van der Waals surface area contributed by atoms with Gasteiger partial charge in [0, 0.05) is 12.2 Å². The molecule has 21 heavy (non-hydrogen) atoms. The van der Waals surface area contributed by atoms with Crippen LogP contribution in [0.2, 0.25) is 0 Å². The minimum Gasteiger partial charge on any atom is -0.392 e. The van der Waals surface area contributed by atoms with Gasteiger partial charge in [-0.05, 0) is 57.0 Å². The van der Waals surface area contributed by atoms with Crippen LogP contribution in [0.15, 0.2) is 24.3 Å². The number of aromatic nitrogens is 2. The minimum atomic E-state index is -0.573. The number of amides is 1. The second kappa shape index (κ2) is 6.10. The van der Waals surface area contributed by atoms with Crippen LogP contribution in [-0.2, 0) is 0 Å². The van der Waals surface area contributed by atoms with E-state index in [-0.39, 0.29) is 12.5 Å². The molecule has 1 aromatic carbocycles. The Morgan fingerprint density at radius 1 is 1.24 bits per heavy atom. The molecule has 0 fully saturated rings. The molecular weight excluding hydrogens is 266 g/mol. The summed E-state index contributed by atoms with van der Waals surface area (Å²) < 4.78 is 1.76. The lowest BCUT2D eigenvalue weighted by molar-refractivity contribution is 0.0918. The molecule has 1 amide bonds. The van der Waals surface area contributed by atoms with Crippen molar-refractivity contribution in [2.75, 3.05) is 6.54 Å². The van der Waals surface area contributed by atoms with Crippen molar-refractivity contribution < 1.29 is 9.90 Å². The third-order valence-electron chi connectivity index (χ3n) is 3.13. The van der Waals surface area contributed by atoms with E-state index < -0.39 is 6.10 Å². The van der Waals surface area contributed by atoms with E-state index in [0.29, 0.717) is 5.69 Å². The molecule has 5 nitrogen and oxygen atoms in total. The first-order valence-electron chi connectivity index (χ1n) is 6.98. The van der Waals surface area contributed by atoms with Crippen LogP contribution in [0.25, 0.3) is 5.69 Å². The number of carbonyl (C=O) groups excluding carboxylic acids is 1. The molecule has 1 heterocycles. The molecule has 0 aliphatic rings. The summed E-state index contributed by atoms with van der Waals surface area (Å²) in [7, 11) is 0. The van der Waals surface area contributed by atoms with Gasteiger partial charge in [0.25, 0.3) is 5.91 Å². The summed E-state index contributed by atoms with van der Waals surface area (Å²) in [6.45, 7) is 7.82. The lowest BCUT2D eigenvalue weighted by Gasteiger charge is -2.07. The number of aliphatic hydroxyl groups is 1. The largest absolute Gasteiger partial charge is 0.392 e. The predicted octanol–water partition coefficient (Wildman–Crippen LogP) is 1.91. The molecule has 0 aliphatic carbocycles. The van der Waals surface area contributed by atoms with Crippen molar-refractivity contribution in [3.05, 3.63) is 46.8 Å². The smallest absolute Gasteiger partial charge is 0.271 e. The maximum Gasteiger partial charge on any atom is 0.271 e. The number of aryl methyl sites for hydroxylation is 3. The first kappa shape index (κ1) is 15.3. The molecule has 0 saturated heterocycles. The van der Waals surface area contributed by atoms with Gasteiger partial charge >= 0.3 is 0 Å². The van der Waals surface area contributed by atoms with E-state index >= 15 is 0 Å². The monoisotopic (exact) mass is 287 g/mol. The third-order valence-corrected chi connectivity index (χ3v) is 3.13. The zero-order chi connectivity index (χ0) is 15.6. The van der Waals surface area contributed by atoms with Gasteiger partial charge in [0.1, 0.15) is 0 Å². The molecule has 1 atom stereocenters. The Bertz CT molecular complexity index is 639. The van der Waals surface area contributed by atoms with Crippen molar-refractivity contribution in [2.45, 2.75) is 33.8 Å². The second-order valence-electron chi connectivity index (χ2n) is 5.49.